The maximum absolute atomic E-state index is 10.8. The molecular weight excluding hydrogens is 430 g/mol. The van der Waals surface area contributed by atoms with Crippen LogP contribution in [0.4, 0.5) is 0 Å². The summed E-state index contributed by atoms with van der Waals surface area (Å²) in [6, 6.07) is 0. The van der Waals surface area contributed by atoms with E-state index in [1.54, 1.807) is 0 Å². The Morgan fingerprint density at radius 2 is 1.07 bits per heavy atom. The molecule has 0 aromatic rings. The van der Waals surface area contributed by atoms with Crippen LogP contribution in [0.3, 0.4) is 0 Å². The van der Waals surface area contributed by atoms with Crippen molar-refractivity contribution in [3.63, 3.8) is 0 Å². The molecule has 0 spiro atoms. The molecule has 30 heavy (non-hydrogen) atoms. The number of carboxylic acids is 2. The Morgan fingerprint density at radius 1 is 0.667 bits per heavy atom. The van der Waals surface area contributed by atoms with Gasteiger partial charge in [-0.15, -0.1) is 0 Å². The minimum atomic E-state index is -1.33. The number of allylic oxidation sites excluding steroid dienone is 2. The van der Waals surface area contributed by atoms with Gasteiger partial charge >= 0.3 is 103 Å². The molecule has 0 aliphatic carbocycles. The van der Waals surface area contributed by atoms with E-state index in [9.17, 15) is 19.8 Å². The minimum Gasteiger partial charge on any atom is -0.550 e. The molecule has 0 aliphatic rings. The van der Waals surface area contributed by atoms with Crippen LogP contribution in [0.2, 0.25) is 0 Å². The zero-order valence-corrected chi connectivity index (χ0v) is 26.3. The zero-order valence-electron chi connectivity index (χ0n) is 20.1. The van der Waals surface area contributed by atoms with Crippen LogP contribution in [-0.2, 0) is 9.59 Å². The van der Waals surface area contributed by atoms with E-state index in [1.165, 1.54) is 83.5 Å². The smallest absolute Gasteiger partial charge is 0.550 e. The molecule has 0 N–H and O–H groups in total. The van der Waals surface area contributed by atoms with Crippen LogP contribution < -0.4 is 113 Å². The van der Waals surface area contributed by atoms with Crippen LogP contribution in [0, 0.1) is 5.92 Å². The van der Waals surface area contributed by atoms with Crippen molar-refractivity contribution in [1.29, 1.82) is 0 Å². The second kappa shape index (κ2) is 29.0. The van der Waals surface area contributed by atoms with Gasteiger partial charge < -0.3 is 19.8 Å². The van der Waals surface area contributed by atoms with E-state index in [4.69, 9.17) is 0 Å². The molecule has 6 heteroatoms. The summed E-state index contributed by atoms with van der Waals surface area (Å²) >= 11 is 0. The van der Waals surface area contributed by atoms with Crippen LogP contribution >= 0.6 is 0 Å². The first-order valence-corrected chi connectivity index (χ1v) is 11.6. The van der Waals surface area contributed by atoms with Crippen molar-refractivity contribution < 1.29 is 123 Å². The molecule has 0 heterocycles. The third-order valence-electron chi connectivity index (χ3n) is 5.31. The molecule has 164 valence electrons. The van der Waals surface area contributed by atoms with E-state index in [2.05, 4.69) is 19.1 Å². The van der Waals surface area contributed by atoms with E-state index in [-0.39, 0.29) is 103 Å². The van der Waals surface area contributed by atoms with Crippen LogP contribution in [-0.4, -0.2) is 11.9 Å². The van der Waals surface area contributed by atoms with Gasteiger partial charge in [-0.1, -0.05) is 96.1 Å². The molecule has 0 rings (SSSR count). The number of carbonyl (C=O) groups is 2. The van der Waals surface area contributed by atoms with Crippen molar-refractivity contribution in [3.05, 3.63) is 12.2 Å². The Labute approximate surface area is 270 Å². The Hall–Kier alpha value is 1.95. The van der Waals surface area contributed by atoms with E-state index >= 15 is 0 Å². The third kappa shape index (κ3) is 28.0. The van der Waals surface area contributed by atoms with E-state index in [0.29, 0.717) is 12.8 Å². The number of carboxylic acid groups (broad SMARTS) is 2. The Kier molecular flexibility index (Phi) is 35.3. The van der Waals surface area contributed by atoms with Crippen molar-refractivity contribution in [1.82, 2.24) is 0 Å². The largest absolute Gasteiger partial charge is 1.00 e. The minimum absolute atomic E-state index is 0. The quantitative estimate of drug-likeness (QED) is 0.118. The van der Waals surface area contributed by atoms with Crippen LogP contribution in [0.15, 0.2) is 12.2 Å². The van der Waals surface area contributed by atoms with Gasteiger partial charge in [0.15, 0.2) is 0 Å². The van der Waals surface area contributed by atoms with Gasteiger partial charge in [-0.25, -0.2) is 0 Å². The summed E-state index contributed by atoms with van der Waals surface area (Å²) in [5, 5.41) is 21.3. The molecule has 4 nitrogen and oxygen atoms in total. The summed E-state index contributed by atoms with van der Waals surface area (Å²) in [5.74, 6) is -3.55. The Bertz CT molecular complexity index is 414. The average molecular weight is 473 g/mol. The SMILES string of the molecule is CCCCCCCCCCCCCCC/C=C/CCCC(CC(=O)[O-])C(=O)[O-].[K+].[K+]. The molecule has 0 aromatic heterocycles. The molecule has 0 aliphatic heterocycles. The van der Waals surface area contributed by atoms with Crippen molar-refractivity contribution in [2.24, 2.45) is 5.92 Å². The number of carbonyl (C=O) groups excluding carboxylic acids is 2. The number of hydrogen-bond donors (Lipinski definition) is 0. The Morgan fingerprint density at radius 3 is 1.47 bits per heavy atom. The molecule has 0 saturated heterocycles. The summed E-state index contributed by atoms with van der Waals surface area (Å²) < 4.78 is 0. The van der Waals surface area contributed by atoms with Gasteiger partial charge in [-0.3, -0.25) is 0 Å². The van der Waals surface area contributed by atoms with Gasteiger partial charge in [0.25, 0.3) is 0 Å². The van der Waals surface area contributed by atoms with Gasteiger partial charge in [0, 0.05) is 17.9 Å². The van der Waals surface area contributed by atoms with Gasteiger partial charge in [-0.2, -0.15) is 0 Å². The second-order valence-corrected chi connectivity index (χ2v) is 8.03. The average Bonchev–Trinajstić information content (AvgIpc) is 2.65. The van der Waals surface area contributed by atoms with E-state index in [0.717, 1.165) is 12.8 Å². The maximum atomic E-state index is 10.8. The second-order valence-electron chi connectivity index (χ2n) is 8.03. The standard InChI is InChI=1S/C24H44O4.2K/c1-2-3-4-5-6-7-8-9-10-11-12-13-14-15-16-17-18-19-20-22(24(27)28)21-23(25)26;;/h16-17,22H,2-15,18-21H2,1H3,(H,25,26)(H,27,28);;/q;2*+1/p-2/b17-16+;;. The molecule has 0 bridgehead atoms. The molecular formula is C24H42K2O4. The van der Waals surface area contributed by atoms with Crippen LogP contribution in [0.5, 0.6) is 0 Å². The first kappa shape index (κ1) is 36.5. The summed E-state index contributed by atoms with van der Waals surface area (Å²) in [6.45, 7) is 2.26. The fraction of sp³-hybridized carbons (Fsp3) is 0.833. The maximum Gasteiger partial charge on any atom is 1.00 e. The molecule has 0 fully saturated rings. The summed E-state index contributed by atoms with van der Waals surface area (Å²) in [5.41, 5.74) is 0. The predicted octanol–water partition coefficient (Wildman–Crippen LogP) is -1.29. The number of aliphatic carboxylic acids is 2. The molecule has 0 radical (unpaired) electrons. The Balaban J connectivity index is -0.00000364. The first-order valence-electron chi connectivity index (χ1n) is 11.6. The van der Waals surface area contributed by atoms with Gasteiger partial charge in [0.2, 0.25) is 0 Å². The van der Waals surface area contributed by atoms with Gasteiger partial charge in [-0.05, 0) is 38.5 Å². The normalized spacial score (nSPS) is 11.6. The molecule has 1 atom stereocenters. The van der Waals surface area contributed by atoms with Crippen LogP contribution in [0.1, 0.15) is 122 Å². The predicted molar refractivity (Wildman–Crippen MR) is 111 cm³/mol. The van der Waals surface area contributed by atoms with Crippen molar-refractivity contribution in [2.45, 2.75) is 122 Å². The fourth-order valence-corrected chi connectivity index (χ4v) is 3.50. The van der Waals surface area contributed by atoms with Gasteiger partial charge in [0.05, 0.1) is 0 Å². The van der Waals surface area contributed by atoms with E-state index < -0.39 is 24.3 Å². The van der Waals surface area contributed by atoms with Crippen molar-refractivity contribution in [3.8, 4) is 0 Å². The molecule has 0 aromatic carbocycles. The number of hydrogen-bond acceptors (Lipinski definition) is 4. The molecule has 0 amide bonds. The van der Waals surface area contributed by atoms with Gasteiger partial charge in [0.1, 0.15) is 0 Å². The number of rotatable bonds is 21. The first-order chi connectivity index (χ1) is 13.6. The van der Waals surface area contributed by atoms with E-state index in [1.807, 2.05) is 0 Å². The van der Waals surface area contributed by atoms with Crippen molar-refractivity contribution >= 4 is 11.9 Å². The summed E-state index contributed by atoms with van der Waals surface area (Å²) in [6.07, 6.45) is 24.3. The monoisotopic (exact) mass is 472 g/mol. The topological polar surface area (TPSA) is 80.3 Å². The molecule has 1 unspecified atom stereocenters. The molecule has 0 saturated carbocycles. The van der Waals surface area contributed by atoms with Crippen molar-refractivity contribution in [2.75, 3.05) is 0 Å². The third-order valence-corrected chi connectivity index (χ3v) is 5.31. The fourth-order valence-electron chi connectivity index (χ4n) is 3.50. The number of unbranched alkanes of at least 4 members (excludes halogenated alkanes) is 14. The zero-order chi connectivity index (χ0) is 20.9. The summed E-state index contributed by atoms with van der Waals surface area (Å²) in [4.78, 5) is 21.3. The van der Waals surface area contributed by atoms with Crippen LogP contribution in [0.25, 0.3) is 0 Å². The summed E-state index contributed by atoms with van der Waals surface area (Å²) in [7, 11) is 0.